The van der Waals surface area contributed by atoms with E-state index in [4.69, 9.17) is 21.1 Å². The number of carboxylic acids is 1. The lowest BCUT2D eigenvalue weighted by atomic mass is 9.86. The Bertz CT molecular complexity index is 1410. The number of unbranched alkanes of at least 4 members (excludes halogenated alkanes) is 1. The third-order valence-corrected chi connectivity index (χ3v) is 7.03. The van der Waals surface area contributed by atoms with Gasteiger partial charge >= 0.3 is 5.97 Å². The number of rotatable bonds is 8. The minimum absolute atomic E-state index is 0.0676. The van der Waals surface area contributed by atoms with Crippen LogP contribution in [0.2, 0.25) is 5.02 Å². The number of furan rings is 1. The molecule has 0 saturated carbocycles. The van der Waals surface area contributed by atoms with E-state index in [1.165, 1.54) is 51.7 Å². The SMILES string of the molecule is CC.CC(C)(NC=O)C(=O)O.CC(C)C(=O)c1cc2nc(-c3ccc(Cl)c(F)c3)cc(C(C)(C)C)c2o1.CCCC.CCCC(C)(C)C. The third-order valence-electron chi connectivity index (χ3n) is 6.72. The number of aromatic nitrogens is 1. The predicted octanol–water partition coefficient (Wildman–Crippen LogP) is 11.7. The molecule has 2 N–H and O–H groups in total. The maximum absolute atomic E-state index is 13.9. The van der Waals surface area contributed by atoms with Crippen LogP contribution in [0.5, 0.6) is 0 Å². The van der Waals surface area contributed by atoms with Crippen molar-refractivity contribution in [2.24, 2.45) is 11.3 Å². The van der Waals surface area contributed by atoms with Gasteiger partial charge in [-0.2, -0.15) is 0 Å². The third kappa shape index (κ3) is 16.7. The van der Waals surface area contributed by atoms with E-state index in [2.05, 4.69) is 72.6 Å². The molecule has 9 heteroatoms. The number of halogens is 2. The van der Waals surface area contributed by atoms with E-state index in [0.29, 0.717) is 39.9 Å². The Labute approximate surface area is 294 Å². The van der Waals surface area contributed by atoms with Gasteiger partial charge < -0.3 is 14.8 Å². The van der Waals surface area contributed by atoms with Crippen LogP contribution in [0.4, 0.5) is 4.39 Å². The second kappa shape index (κ2) is 21.7. The number of nitrogens with zero attached hydrogens (tertiary/aromatic N) is 1. The van der Waals surface area contributed by atoms with Crippen LogP contribution < -0.4 is 5.32 Å². The number of ketones is 1. The molecule has 0 fully saturated rings. The van der Waals surface area contributed by atoms with Gasteiger partial charge in [0.15, 0.2) is 11.3 Å². The van der Waals surface area contributed by atoms with Crippen molar-refractivity contribution < 1.29 is 28.3 Å². The first kappa shape index (κ1) is 46.9. The number of pyridine rings is 1. The van der Waals surface area contributed by atoms with Gasteiger partial charge in [0, 0.05) is 23.1 Å². The van der Waals surface area contributed by atoms with Crippen LogP contribution in [0.25, 0.3) is 22.4 Å². The van der Waals surface area contributed by atoms with E-state index in [1.54, 1.807) is 12.1 Å². The van der Waals surface area contributed by atoms with Crippen LogP contribution in [-0.4, -0.2) is 33.8 Å². The molecule has 48 heavy (non-hydrogen) atoms. The number of carbonyl (C=O) groups is 3. The molecule has 1 amide bonds. The van der Waals surface area contributed by atoms with Crippen molar-refractivity contribution in [2.75, 3.05) is 0 Å². The quantitative estimate of drug-likeness (QED) is 0.180. The molecule has 0 aliphatic carbocycles. The van der Waals surface area contributed by atoms with Crippen molar-refractivity contribution in [3.05, 3.63) is 52.5 Å². The molecule has 0 aliphatic heterocycles. The van der Waals surface area contributed by atoms with Gasteiger partial charge in [-0.15, -0.1) is 0 Å². The first-order valence-corrected chi connectivity index (χ1v) is 17.3. The number of aliphatic carboxylic acids is 1. The number of carboxylic acid groups (broad SMARTS) is 1. The topological polar surface area (TPSA) is 110 Å². The summed E-state index contributed by atoms with van der Waals surface area (Å²) >= 11 is 5.79. The molecule has 0 atom stereocenters. The maximum atomic E-state index is 13.9. The fourth-order valence-corrected chi connectivity index (χ4v) is 3.86. The van der Waals surface area contributed by atoms with Gasteiger partial charge in [0.05, 0.1) is 10.7 Å². The Morgan fingerprint density at radius 2 is 1.50 bits per heavy atom. The highest BCUT2D eigenvalue weighted by Gasteiger charge is 2.26. The molecule has 3 rings (SSSR count). The van der Waals surface area contributed by atoms with Gasteiger partial charge in [0.2, 0.25) is 12.2 Å². The molecule has 0 saturated heterocycles. The molecule has 2 heterocycles. The Morgan fingerprint density at radius 3 is 1.83 bits per heavy atom. The zero-order chi connectivity index (χ0) is 38.0. The molecule has 0 bridgehead atoms. The van der Waals surface area contributed by atoms with Crippen LogP contribution in [0.15, 0.2) is 34.7 Å². The van der Waals surface area contributed by atoms with Gasteiger partial charge in [0.25, 0.3) is 0 Å². The van der Waals surface area contributed by atoms with Gasteiger partial charge in [-0.3, -0.25) is 9.59 Å². The minimum atomic E-state index is -1.15. The second-order valence-corrected chi connectivity index (χ2v) is 14.7. The van der Waals surface area contributed by atoms with Crippen molar-refractivity contribution in [2.45, 2.75) is 140 Å². The van der Waals surface area contributed by atoms with Gasteiger partial charge in [-0.05, 0) is 49.3 Å². The van der Waals surface area contributed by atoms with E-state index in [-0.39, 0.29) is 22.1 Å². The summed E-state index contributed by atoms with van der Waals surface area (Å²) in [7, 11) is 0. The van der Waals surface area contributed by atoms with E-state index in [9.17, 15) is 18.8 Å². The van der Waals surface area contributed by atoms with Crippen LogP contribution in [0, 0.1) is 17.2 Å². The Hall–Kier alpha value is -3.26. The number of Topliss-reactive ketones (excluding diaryl/α,β-unsaturated/α-hetero) is 1. The summed E-state index contributed by atoms with van der Waals surface area (Å²) in [5, 5.41) is 10.6. The molecule has 2 aromatic heterocycles. The molecule has 3 aromatic rings. The van der Waals surface area contributed by atoms with E-state index in [0.717, 1.165) is 5.56 Å². The standard InChI is InChI=1S/C21H21ClFNO2.C7H16.C5H9NO3.C4H10.C2H6/c1-11(2)19(25)18-10-17-20(26-18)13(21(3,4)5)9-16(24-17)12-6-7-14(22)15(23)8-12;1-5-6-7(2,3)4;1-5(2,4(8)9)6-3-7;1-3-4-2;1-2/h6-11H,1-5H3;5-6H2,1-4H3;3H,1-2H3,(H,6,7)(H,8,9);3-4H2,1-2H3;1-2H3. The second-order valence-electron chi connectivity index (χ2n) is 14.3. The Morgan fingerprint density at radius 1 is 0.958 bits per heavy atom. The van der Waals surface area contributed by atoms with E-state index >= 15 is 0 Å². The van der Waals surface area contributed by atoms with Gasteiger partial charge in [-0.25, -0.2) is 14.2 Å². The fourth-order valence-electron chi connectivity index (χ4n) is 3.75. The van der Waals surface area contributed by atoms with Crippen LogP contribution >= 0.6 is 11.6 Å². The zero-order valence-corrected chi connectivity index (χ0v) is 32.9. The summed E-state index contributed by atoms with van der Waals surface area (Å²) in [6.07, 6.45) is 5.66. The van der Waals surface area contributed by atoms with Crippen molar-refractivity contribution in [3.8, 4) is 11.3 Å². The zero-order valence-electron chi connectivity index (χ0n) is 32.2. The van der Waals surface area contributed by atoms with E-state index in [1.807, 2.05) is 33.8 Å². The average Bonchev–Trinajstić information content (AvgIpc) is 3.42. The summed E-state index contributed by atoms with van der Waals surface area (Å²) in [6.45, 7) is 30.1. The smallest absolute Gasteiger partial charge is 0.328 e. The summed E-state index contributed by atoms with van der Waals surface area (Å²) in [5.41, 5.74) is 2.50. The molecule has 0 spiro atoms. The largest absolute Gasteiger partial charge is 0.480 e. The Balaban J connectivity index is 0. The molecular weight excluding hydrogens is 631 g/mol. The Kier molecular flexibility index (Phi) is 21.1. The molecular formula is C39H62ClFN2O5. The van der Waals surface area contributed by atoms with Crippen molar-refractivity contribution in [1.82, 2.24) is 10.3 Å². The van der Waals surface area contributed by atoms with Crippen LogP contribution in [0.1, 0.15) is 146 Å². The minimum Gasteiger partial charge on any atom is -0.480 e. The summed E-state index contributed by atoms with van der Waals surface area (Å²) in [4.78, 5) is 36.9. The summed E-state index contributed by atoms with van der Waals surface area (Å²) < 4.78 is 19.8. The van der Waals surface area contributed by atoms with Gasteiger partial charge in [0.1, 0.15) is 16.9 Å². The monoisotopic (exact) mass is 692 g/mol. The predicted molar refractivity (Wildman–Crippen MR) is 199 cm³/mol. The number of hydrogen-bond acceptors (Lipinski definition) is 5. The number of amides is 1. The van der Waals surface area contributed by atoms with E-state index < -0.39 is 17.3 Å². The van der Waals surface area contributed by atoms with Crippen LogP contribution in [0.3, 0.4) is 0 Å². The molecule has 0 unspecified atom stereocenters. The van der Waals surface area contributed by atoms with Crippen molar-refractivity contribution >= 4 is 40.9 Å². The number of benzene rings is 1. The molecule has 0 radical (unpaired) electrons. The normalized spacial score (nSPS) is 11.0. The molecule has 272 valence electrons. The lowest BCUT2D eigenvalue weighted by Gasteiger charge is -2.20. The van der Waals surface area contributed by atoms with Crippen molar-refractivity contribution in [3.63, 3.8) is 0 Å². The first-order chi connectivity index (χ1) is 22.1. The highest BCUT2D eigenvalue weighted by molar-refractivity contribution is 6.30. The molecule has 1 aromatic carbocycles. The highest BCUT2D eigenvalue weighted by atomic mass is 35.5. The summed E-state index contributed by atoms with van der Waals surface area (Å²) in [6, 6.07) is 8.16. The first-order valence-electron chi connectivity index (χ1n) is 17.0. The summed E-state index contributed by atoms with van der Waals surface area (Å²) in [5.74, 6) is -1.48. The number of hydrogen-bond donors (Lipinski definition) is 2. The average molecular weight is 693 g/mol. The van der Waals surface area contributed by atoms with Crippen LogP contribution in [-0.2, 0) is 15.0 Å². The molecule has 0 aliphatic rings. The molecule has 7 nitrogen and oxygen atoms in total. The number of nitrogens with one attached hydrogen (secondary N) is 1. The number of fused-ring (bicyclic) bond motifs is 1. The van der Waals surface area contributed by atoms with Gasteiger partial charge in [-0.1, -0.05) is 127 Å². The maximum Gasteiger partial charge on any atom is 0.328 e. The number of carbonyl (C=O) groups excluding carboxylic acids is 2. The fraction of sp³-hybridized carbons (Fsp3) is 0.590. The lowest BCUT2D eigenvalue weighted by Crippen LogP contribution is -2.45. The highest BCUT2D eigenvalue weighted by Crippen LogP contribution is 2.35. The van der Waals surface area contributed by atoms with Crippen molar-refractivity contribution in [1.29, 1.82) is 0 Å². The lowest BCUT2D eigenvalue weighted by molar-refractivity contribution is -0.144.